The summed E-state index contributed by atoms with van der Waals surface area (Å²) in [6, 6.07) is 2.47. The van der Waals surface area contributed by atoms with Crippen molar-refractivity contribution in [3.8, 4) is 0 Å². The summed E-state index contributed by atoms with van der Waals surface area (Å²) >= 11 is 0. The highest BCUT2D eigenvalue weighted by molar-refractivity contribution is 5.61. The molecule has 0 bridgehead atoms. The molecule has 1 aromatic heterocycles. The van der Waals surface area contributed by atoms with E-state index in [0.29, 0.717) is 5.76 Å². The van der Waals surface area contributed by atoms with Crippen LogP contribution in [0.4, 0.5) is 8.78 Å². The molecule has 60 valence electrons. The van der Waals surface area contributed by atoms with Gasteiger partial charge in [0.1, 0.15) is 5.76 Å². The summed E-state index contributed by atoms with van der Waals surface area (Å²) < 4.78 is 29.4. The highest BCUT2D eigenvalue weighted by Gasteiger charge is 2.34. The monoisotopic (exact) mass is 160 g/mol. The summed E-state index contributed by atoms with van der Waals surface area (Å²) in [6.07, 6.45) is -0.439. The topological polar surface area (TPSA) is 30.2 Å². The molecular formula is C7H6F2O2. The molecule has 2 nitrogen and oxygen atoms in total. The number of hydrogen-bond donors (Lipinski definition) is 0. The normalized spacial score (nSPS) is 11.5. The van der Waals surface area contributed by atoms with Crippen LogP contribution in [0.15, 0.2) is 16.5 Å². The van der Waals surface area contributed by atoms with Crippen LogP contribution in [0.25, 0.3) is 0 Å². The molecule has 0 amide bonds. The van der Waals surface area contributed by atoms with Gasteiger partial charge < -0.3 is 4.42 Å². The van der Waals surface area contributed by atoms with E-state index in [4.69, 9.17) is 0 Å². The van der Waals surface area contributed by atoms with Crippen LogP contribution in [0.5, 0.6) is 0 Å². The zero-order valence-electron chi connectivity index (χ0n) is 5.80. The third-order valence-electron chi connectivity index (χ3n) is 1.22. The predicted molar refractivity (Wildman–Crippen MR) is 33.4 cm³/mol. The van der Waals surface area contributed by atoms with Crippen LogP contribution >= 0.6 is 0 Å². The molecular weight excluding hydrogens is 154 g/mol. The first-order chi connectivity index (χ1) is 5.06. The van der Waals surface area contributed by atoms with Gasteiger partial charge in [0.2, 0.25) is 0 Å². The van der Waals surface area contributed by atoms with Gasteiger partial charge in [-0.2, -0.15) is 8.78 Å². The number of furan rings is 1. The third-order valence-corrected chi connectivity index (χ3v) is 1.22. The summed E-state index contributed by atoms with van der Waals surface area (Å²) in [7, 11) is 0. The number of rotatable bonds is 2. The van der Waals surface area contributed by atoms with Crippen molar-refractivity contribution in [2.45, 2.75) is 12.8 Å². The molecule has 0 fully saturated rings. The smallest absolute Gasteiger partial charge is 0.358 e. The van der Waals surface area contributed by atoms with E-state index < -0.39 is 18.0 Å². The SMILES string of the molecule is Cc1ccc(C(F)(F)C=O)o1. The molecule has 0 saturated carbocycles. The van der Waals surface area contributed by atoms with Crippen LogP contribution in [0, 0.1) is 6.92 Å². The third kappa shape index (κ3) is 1.45. The van der Waals surface area contributed by atoms with Gasteiger partial charge in [-0.25, -0.2) is 0 Å². The molecule has 0 aliphatic carbocycles. The maximum Gasteiger partial charge on any atom is 0.358 e. The zero-order valence-corrected chi connectivity index (χ0v) is 5.80. The van der Waals surface area contributed by atoms with Crippen LogP contribution in [0.1, 0.15) is 11.5 Å². The van der Waals surface area contributed by atoms with Gasteiger partial charge in [0.05, 0.1) is 0 Å². The quantitative estimate of drug-likeness (QED) is 0.618. The lowest BCUT2D eigenvalue weighted by Gasteiger charge is -2.02. The molecule has 0 radical (unpaired) electrons. The second-order valence-corrected chi connectivity index (χ2v) is 2.15. The lowest BCUT2D eigenvalue weighted by molar-refractivity contribution is -0.132. The summed E-state index contributed by atoms with van der Waals surface area (Å²) in [6.45, 7) is 1.53. The Morgan fingerprint density at radius 3 is 2.55 bits per heavy atom. The first kappa shape index (κ1) is 7.91. The summed E-state index contributed by atoms with van der Waals surface area (Å²) in [4.78, 5) is 9.83. The van der Waals surface area contributed by atoms with Crippen molar-refractivity contribution in [2.75, 3.05) is 0 Å². The van der Waals surface area contributed by atoms with Crippen molar-refractivity contribution in [3.63, 3.8) is 0 Å². The maximum absolute atomic E-state index is 12.4. The minimum Gasteiger partial charge on any atom is -0.459 e. The number of aryl methyl sites for hydroxylation is 1. The van der Waals surface area contributed by atoms with Gasteiger partial charge in [0, 0.05) is 0 Å². The van der Waals surface area contributed by atoms with Crippen LogP contribution in [-0.2, 0) is 10.7 Å². The van der Waals surface area contributed by atoms with Gasteiger partial charge in [-0.3, -0.25) is 4.79 Å². The molecule has 0 aliphatic rings. The van der Waals surface area contributed by atoms with E-state index in [-0.39, 0.29) is 0 Å². The van der Waals surface area contributed by atoms with Gasteiger partial charge in [-0.1, -0.05) is 0 Å². The summed E-state index contributed by atoms with van der Waals surface area (Å²) in [5.74, 6) is -3.74. The Labute approximate surface area is 61.8 Å². The Morgan fingerprint density at radius 2 is 2.18 bits per heavy atom. The van der Waals surface area contributed by atoms with Gasteiger partial charge in [-0.05, 0) is 19.1 Å². The number of carbonyl (C=O) groups excluding carboxylic acids is 1. The van der Waals surface area contributed by atoms with E-state index in [0.717, 1.165) is 6.07 Å². The number of carbonyl (C=O) groups is 1. The van der Waals surface area contributed by atoms with E-state index >= 15 is 0 Å². The van der Waals surface area contributed by atoms with Gasteiger partial charge >= 0.3 is 5.92 Å². The Bertz CT molecular complexity index is 265. The molecule has 4 heteroatoms. The van der Waals surface area contributed by atoms with Gasteiger partial charge in [-0.15, -0.1) is 0 Å². The fourth-order valence-corrected chi connectivity index (χ4v) is 0.672. The van der Waals surface area contributed by atoms with E-state index in [2.05, 4.69) is 4.42 Å². The van der Waals surface area contributed by atoms with E-state index in [1.54, 1.807) is 0 Å². The van der Waals surface area contributed by atoms with Crippen LogP contribution in [0.2, 0.25) is 0 Å². The molecule has 11 heavy (non-hydrogen) atoms. The van der Waals surface area contributed by atoms with Crippen LogP contribution < -0.4 is 0 Å². The average molecular weight is 160 g/mol. The molecule has 0 atom stereocenters. The van der Waals surface area contributed by atoms with E-state index in [1.165, 1.54) is 13.0 Å². The zero-order chi connectivity index (χ0) is 8.48. The average Bonchev–Trinajstić information content (AvgIpc) is 2.36. The van der Waals surface area contributed by atoms with Crippen molar-refractivity contribution >= 4 is 6.29 Å². The molecule has 0 aromatic carbocycles. The molecule has 0 saturated heterocycles. The lowest BCUT2D eigenvalue weighted by atomic mass is 10.3. The van der Waals surface area contributed by atoms with Crippen molar-refractivity contribution < 1.29 is 18.0 Å². The van der Waals surface area contributed by atoms with Crippen LogP contribution in [0.3, 0.4) is 0 Å². The summed E-state index contributed by atoms with van der Waals surface area (Å²) in [5.41, 5.74) is 0. The lowest BCUT2D eigenvalue weighted by Crippen LogP contribution is -2.13. The number of halogens is 2. The highest BCUT2D eigenvalue weighted by Crippen LogP contribution is 2.26. The highest BCUT2D eigenvalue weighted by atomic mass is 19.3. The van der Waals surface area contributed by atoms with Crippen molar-refractivity contribution in [3.05, 3.63) is 23.7 Å². The number of aldehydes is 1. The van der Waals surface area contributed by atoms with Crippen molar-refractivity contribution in [1.29, 1.82) is 0 Å². The summed E-state index contributed by atoms with van der Waals surface area (Å²) in [5, 5.41) is 0. The first-order valence-corrected chi connectivity index (χ1v) is 2.97. The Morgan fingerprint density at radius 1 is 1.55 bits per heavy atom. The van der Waals surface area contributed by atoms with E-state index in [1.807, 2.05) is 0 Å². The Kier molecular flexibility index (Phi) is 1.76. The maximum atomic E-state index is 12.4. The minimum atomic E-state index is -3.49. The first-order valence-electron chi connectivity index (χ1n) is 2.97. The van der Waals surface area contributed by atoms with Gasteiger partial charge in [0.25, 0.3) is 0 Å². The second kappa shape index (κ2) is 2.45. The van der Waals surface area contributed by atoms with Crippen molar-refractivity contribution in [2.24, 2.45) is 0 Å². The number of hydrogen-bond acceptors (Lipinski definition) is 2. The molecule has 0 N–H and O–H groups in total. The largest absolute Gasteiger partial charge is 0.459 e. The fraction of sp³-hybridized carbons (Fsp3) is 0.286. The standard InChI is InChI=1S/C7H6F2O2/c1-5-2-3-6(11-5)7(8,9)4-10/h2-4H,1H3. The fourth-order valence-electron chi connectivity index (χ4n) is 0.672. The van der Waals surface area contributed by atoms with Gasteiger partial charge in [0.15, 0.2) is 12.0 Å². The van der Waals surface area contributed by atoms with Crippen molar-refractivity contribution in [1.82, 2.24) is 0 Å². The van der Waals surface area contributed by atoms with E-state index in [9.17, 15) is 13.6 Å². The molecule has 0 unspecified atom stereocenters. The Hall–Kier alpha value is -1.19. The van der Waals surface area contributed by atoms with Crippen LogP contribution in [-0.4, -0.2) is 6.29 Å². The second-order valence-electron chi connectivity index (χ2n) is 2.15. The predicted octanol–water partition coefficient (Wildman–Crippen LogP) is 1.88. The molecule has 1 aromatic rings. The Balaban J connectivity index is 3.01. The molecule has 1 rings (SSSR count). The molecule has 1 heterocycles. The minimum absolute atomic E-state index is 0.363. The molecule has 0 aliphatic heterocycles. The molecule has 0 spiro atoms. The number of alkyl halides is 2.